The lowest BCUT2D eigenvalue weighted by atomic mass is 9.99. The highest BCUT2D eigenvalue weighted by Crippen LogP contribution is 2.27. The summed E-state index contributed by atoms with van der Waals surface area (Å²) in [5.74, 6) is 0.688. The van der Waals surface area contributed by atoms with Crippen molar-refractivity contribution < 1.29 is 9.32 Å². The Morgan fingerprint density at radius 1 is 1.28 bits per heavy atom. The van der Waals surface area contributed by atoms with Crippen LogP contribution in [0.2, 0.25) is 0 Å². The van der Waals surface area contributed by atoms with Crippen molar-refractivity contribution in [2.75, 3.05) is 13.1 Å². The highest BCUT2D eigenvalue weighted by atomic mass is 16.5. The van der Waals surface area contributed by atoms with E-state index in [-0.39, 0.29) is 5.91 Å². The summed E-state index contributed by atoms with van der Waals surface area (Å²) in [5, 5.41) is 3.57. The van der Waals surface area contributed by atoms with E-state index in [0.29, 0.717) is 11.7 Å². The molecule has 0 N–H and O–H groups in total. The van der Waals surface area contributed by atoms with E-state index in [1.165, 1.54) is 11.8 Å². The first-order valence-corrected chi connectivity index (χ1v) is 6.09. The molecule has 0 radical (unpaired) electrons. The van der Waals surface area contributed by atoms with E-state index in [4.69, 9.17) is 4.52 Å². The van der Waals surface area contributed by atoms with Crippen LogP contribution in [0, 0.1) is 0 Å². The van der Waals surface area contributed by atoms with Crippen LogP contribution in [0.5, 0.6) is 0 Å². The predicted molar refractivity (Wildman–Crippen MR) is 66.2 cm³/mol. The summed E-state index contributed by atoms with van der Waals surface area (Å²) < 4.78 is 4.91. The fourth-order valence-corrected chi connectivity index (χ4v) is 2.42. The SMILES string of the molecule is O=C(c1ccno1)N1CC[C@@H](c2ccccc2)C1. The number of carbonyl (C=O) groups excluding carboxylic acids is 1. The summed E-state index contributed by atoms with van der Waals surface area (Å²) in [6, 6.07) is 11.9. The second-order valence-electron chi connectivity index (χ2n) is 4.52. The van der Waals surface area contributed by atoms with Crippen molar-refractivity contribution in [1.82, 2.24) is 10.1 Å². The molecule has 2 aromatic rings. The minimum atomic E-state index is -0.0640. The first-order chi connectivity index (χ1) is 8.84. The molecule has 0 aliphatic carbocycles. The van der Waals surface area contributed by atoms with E-state index in [1.54, 1.807) is 6.07 Å². The normalized spacial score (nSPS) is 19.1. The number of hydrogen-bond donors (Lipinski definition) is 0. The highest BCUT2D eigenvalue weighted by molar-refractivity contribution is 5.91. The first-order valence-electron chi connectivity index (χ1n) is 6.09. The Morgan fingerprint density at radius 3 is 2.83 bits per heavy atom. The van der Waals surface area contributed by atoms with Gasteiger partial charge in [-0.3, -0.25) is 4.79 Å². The van der Waals surface area contributed by atoms with Gasteiger partial charge < -0.3 is 9.42 Å². The molecule has 4 nitrogen and oxygen atoms in total. The zero-order valence-corrected chi connectivity index (χ0v) is 9.95. The summed E-state index contributed by atoms with van der Waals surface area (Å²) in [6.45, 7) is 1.53. The Labute approximate surface area is 105 Å². The molecular weight excluding hydrogens is 228 g/mol. The second-order valence-corrected chi connectivity index (χ2v) is 4.52. The number of carbonyl (C=O) groups is 1. The highest BCUT2D eigenvalue weighted by Gasteiger charge is 2.29. The Balaban J connectivity index is 1.71. The van der Waals surface area contributed by atoms with Gasteiger partial charge in [0.25, 0.3) is 5.91 Å². The number of hydrogen-bond acceptors (Lipinski definition) is 3. The van der Waals surface area contributed by atoms with Crippen molar-refractivity contribution in [1.29, 1.82) is 0 Å². The summed E-state index contributed by atoms with van der Waals surface area (Å²) >= 11 is 0. The van der Waals surface area contributed by atoms with Crippen LogP contribution < -0.4 is 0 Å². The van der Waals surface area contributed by atoms with E-state index >= 15 is 0 Å². The summed E-state index contributed by atoms with van der Waals surface area (Å²) in [4.78, 5) is 13.9. The number of benzene rings is 1. The van der Waals surface area contributed by atoms with Crippen LogP contribution in [0.4, 0.5) is 0 Å². The number of amides is 1. The maximum atomic E-state index is 12.1. The van der Waals surface area contributed by atoms with E-state index in [0.717, 1.165) is 19.5 Å². The molecule has 1 saturated heterocycles. The minimum Gasteiger partial charge on any atom is -0.351 e. The summed E-state index contributed by atoms with van der Waals surface area (Å²) in [7, 11) is 0. The van der Waals surface area contributed by atoms with Crippen LogP contribution in [-0.2, 0) is 0 Å². The Morgan fingerprint density at radius 2 is 2.11 bits per heavy atom. The first kappa shape index (κ1) is 11.0. The topological polar surface area (TPSA) is 46.3 Å². The molecule has 1 amide bonds. The number of rotatable bonds is 2. The van der Waals surface area contributed by atoms with Gasteiger partial charge in [-0.2, -0.15) is 0 Å². The lowest BCUT2D eigenvalue weighted by molar-refractivity contribution is 0.0749. The van der Waals surface area contributed by atoms with Crippen LogP contribution in [-0.4, -0.2) is 29.1 Å². The third-order valence-electron chi connectivity index (χ3n) is 3.40. The molecular formula is C14H14N2O2. The number of aromatic nitrogens is 1. The lowest BCUT2D eigenvalue weighted by Crippen LogP contribution is -2.28. The smallest absolute Gasteiger partial charge is 0.292 e. The van der Waals surface area contributed by atoms with Crippen LogP contribution in [0.3, 0.4) is 0 Å². The monoisotopic (exact) mass is 242 g/mol. The molecule has 3 rings (SSSR count). The molecule has 0 bridgehead atoms. The third-order valence-corrected chi connectivity index (χ3v) is 3.40. The van der Waals surface area contributed by atoms with Crippen molar-refractivity contribution in [3.63, 3.8) is 0 Å². The van der Waals surface area contributed by atoms with Crippen LogP contribution >= 0.6 is 0 Å². The van der Waals surface area contributed by atoms with Gasteiger partial charge in [0.15, 0.2) is 0 Å². The lowest BCUT2D eigenvalue weighted by Gasteiger charge is -2.14. The van der Waals surface area contributed by atoms with E-state index in [1.807, 2.05) is 23.1 Å². The maximum Gasteiger partial charge on any atom is 0.292 e. The predicted octanol–water partition coefficient (Wildman–Crippen LogP) is 2.30. The van der Waals surface area contributed by atoms with Gasteiger partial charge in [-0.05, 0) is 12.0 Å². The molecule has 1 aliphatic rings. The molecule has 1 aliphatic heterocycles. The van der Waals surface area contributed by atoms with Crippen molar-refractivity contribution in [2.45, 2.75) is 12.3 Å². The molecule has 18 heavy (non-hydrogen) atoms. The fraction of sp³-hybridized carbons (Fsp3) is 0.286. The van der Waals surface area contributed by atoms with Crippen LogP contribution in [0.25, 0.3) is 0 Å². The Hall–Kier alpha value is -2.10. The standard InChI is InChI=1S/C14H14N2O2/c17-14(13-6-8-15-18-13)16-9-7-12(10-16)11-4-2-1-3-5-11/h1-6,8,12H,7,9-10H2/t12-/m1/s1. The molecule has 0 saturated carbocycles. The molecule has 1 fully saturated rings. The third kappa shape index (κ3) is 2.01. The van der Waals surface area contributed by atoms with Gasteiger partial charge in [0.2, 0.25) is 5.76 Å². The van der Waals surface area contributed by atoms with E-state index < -0.39 is 0 Å². The largest absolute Gasteiger partial charge is 0.351 e. The van der Waals surface area contributed by atoms with Gasteiger partial charge in [0.1, 0.15) is 0 Å². The molecule has 1 atom stereocenters. The average molecular weight is 242 g/mol. The van der Waals surface area contributed by atoms with E-state index in [9.17, 15) is 4.79 Å². The Bertz CT molecular complexity index is 522. The van der Waals surface area contributed by atoms with Gasteiger partial charge >= 0.3 is 0 Å². The number of nitrogens with zero attached hydrogens (tertiary/aromatic N) is 2. The van der Waals surface area contributed by atoms with Gasteiger partial charge in [-0.25, -0.2) is 0 Å². The molecule has 0 unspecified atom stereocenters. The zero-order valence-electron chi connectivity index (χ0n) is 9.95. The van der Waals surface area contributed by atoms with Gasteiger partial charge in [-0.1, -0.05) is 35.5 Å². The summed E-state index contributed by atoms with van der Waals surface area (Å²) in [5.41, 5.74) is 1.30. The Kier molecular flexibility index (Phi) is 2.84. The number of likely N-dealkylation sites (tertiary alicyclic amines) is 1. The summed E-state index contributed by atoms with van der Waals surface area (Å²) in [6.07, 6.45) is 2.50. The molecule has 2 heterocycles. The zero-order chi connectivity index (χ0) is 12.4. The van der Waals surface area contributed by atoms with Crippen molar-refractivity contribution in [3.05, 3.63) is 53.9 Å². The molecule has 92 valence electrons. The fourth-order valence-electron chi connectivity index (χ4n) is 2.42. The minimum absolute atomic E-state index is 0.0640. The van der Waals surface area contributed by atoms with Gasteiger partial charge in [0, 0.05) is 25.1 Å². The molecule has 0 spiro atoms. The molecule has 1 aromatic heterocycles. The van der Waals surface area contributed by atoms with E-state index in [2.05, 4.69) is 17.3 Å². The van der Waals surface area contributed by atoms with Gasteiger partial charge in [0.05, 0.1) is 6.20 Å². The van der Waals surface area contributed by atoms with Crippen molar-refractivity contribution in [2.24, 2.45) is 0 Å². The van der Waals surface area contributed by atoms with Crippen molar-refractivity contribution >= 4 is 5.91 Å². The molecule has 1 aromatic carbocycles. The molecule has 4 heteroatoms. The van der Waals surface area contributed by atoms with Crippen molar-refractivity contribution in [3.8, 4) is 0 Å². The van der Waals surface area contributed by atoms with Gasteiger partial charge in [-0.15, -0.1) is 0 Å². The maximum absolute atomic E-state index is 12.1. The quantitative estimate of drug-likeness (QED) is 0.811. The average Bonchev–Trinajstić information content (AvgIpc) is 3.10. The van der Waals surface area contributed by atoms with Crippen LogP contribution in [0.1, 0.15) is 28.5 Å². The second kappa shape index (κ2) is 4.64. The van der Waals surface area contributed by atoms with Crippen LogP contribution in [0.15, 0.2) is 47.1 Å².